The van der Waals surface area contributed by atoms with Crippen molar-refractivity contribution in [2.75, 3.05) is 19.7 Å². The second-order valence-corrected chi connectivity index (χ2v) is 6.25. The van der Waals surface area contributed by atoms with Crippen LogP contribution < -0.4 is 5.32 Å². The Morgan fingerprint density at radius 3 is 2.65 bits per heavy atom. The van der Waals surface area contributed by atoms with Crippen LogP contribution in [0.15, 0.2) is 48.5 Å². The molecule has 2 aromatic rings. The van der Waals surface area contributed by atoms with E-state index in [9.17, 15) is 0 Å². The lowest BCUT2D eigenvalue weighted by atomic mass is 10.00. The van der Waals surface area contributed by atoms with Gasteiger partial charge in [-0.1, -0.05) is 42.5 Å². The monoisotopic (exact) mass is 311 g/mol. The zero-order chi connectivity index (χ0) is 16.1. The van der Waals surface area contributed by atoms with Crippen LogP contribution in [-0.2, 0) is 16.1 Å². The van der Waals surface area contributed by atoms with Crippen LogP contribution in [-0.4, -0.2) is 25.8 Å². The standard InChI is InChI=1S/C20H25NO2/c1-15(2)23-14-16-4-3-5-19(12-16)17-6-8-18(9-7-17)20-13-21-10-11-22-20/h3-9,12,15,20-21H,10-11,13-14H2,1-2H3. The lowest BCUT2D eigenvalue weighted by Gasteiger charge is -2.24. The van der Waals surface area contributed by atoms with Gasteiger partial charge in [0.2, 0.25) is 0 Å². The SMILES string of the molecule is CC(C)OCc1cccc(-c2ccc(C3CNCCO3)cc2)c1. The predicted octanol–water partition coefficient (Wildman–Crippen LogP) is 3.94. The third-order valence-corrected chi connectivity index (χ3v) is 4.05. The van der Waals surface area contributed by atoms with Crippen molar-refractivity contribution in [1.29, 1.82) is 0 Å². The van der Waals surface area contributed by atoms with Gasteiger partial charge in [-0.2, -0.15) is 0 Å². The number of ether oxygens (including phenoxy) is 2. The van der Waals surface area contributed by atoms with Crippen LogP contribution in [0.5, 0.6) is 0 Å². The van der Waals surface area contributed by atoms with Crippen molar-refractivity contribution in [3.05, 3.63) is 59.7 Å². The number of rotatable bonds is 5. The minimum atomic E-state index is 0.170. The van der Waals surface area contributed by atoms with Crippen LogP contribution in [0.1, 0.15) is 31.1 Å². The van der Waals surface area contributed by atoms with E-state index in [1.165, 1.54) is 22.3 Å². The van der Waals surface area contributed by atoms with Crippen molar-refractivity contribution in [1.82, 2.24) is 5.32 Å². The van der Waals surface area contributed by atoms with E-state index in [4.69, 9.17) is 9.47 Å². The summed E-state index contributed by atoms with van der Waals surface area (Å²) < 4.78 is 11.5. The highest BCUT2D eigenvalue weighted by Crippen LogP contribution is 2.25. The molecule has 0 saturated carbocycles. The maximum Gasteiger partial charge on any atom is 0.0949 e. The van der Waals surface area contributed by atoms with E-state index in [2.05, 4.69) is 67.7 Å². The summed E-state index contributed by atoms with van der Waals surface area (Å²) in [6.07, 6.45) is 0.422. The first-order valence-electron chi connectivity index (χ1n) is 8.35. The zero-order valence-electron chi connectivity index (χ0n) is 13.9. The van der Waals surface area contributed by atoms with Gasteiger partial charge >= 0.3 is 0 Å². The summed E-state index contributed by atoms with van der Waals surface area (Å²) in [4.78, 5) is 0. The van der Waals surface area contributed by atoms with E-state index in [1.807, 2.05) is 0 Å². The van der Waals surface area contributed by atoms with Crippen molar-refractivity contribution in [3.63, 3.8) is 0 Å². The average Bonchev–Trinajstić information content (AvgIpc) is 2.61. The molecule has 122 valence electrons. The Balaban J connectivity index is 1.72. The van der Waals surface area contributed by atoms with Crippen molar-refractivity contribution >= 4 is 0 Å². The Kier molecular flexibility index (Phi) is 5.44. The lowest BCUT2D eigenvalue weighted by Crippen LogP contribution is -2.33. The highest BCUT2D eigenvalue weighted by Gasteiger charge is 2.15. The van der Waals surface area contributed by atoms with Gasteiger partial charge in [0, 0.05) is 13.1 Å². The zero-order valence-corrected chi connectivity index (χ0v) is 13.9. The minimum absolute atomic E-state index is 0.170. The molecule has 2 aromatic carbocycles. The van der Waals surface area contributed by atoms with E-state index in [-0.39, 0.29) is 12.2 Å². The van der Waals surface area contributed by atoms with Crippen LogP contribution in [0.3, 0.4) is 0 Å². The summed E-state index contributed by atoms with van der Waals surface area (Å²) in [5, 5.41) is 3.37. The molecular weight excluding hydrogens is 286 g/mol. The van der Waals surface area contributed by atoms with Gasteiger partial charge < -0.3 is 14.8 Å². The quantitative estimate of drug-likeness (QED) is 0.907. The van der Waals surface area contributed by atoms with Crippen LogP contribution in [0.25, 0.3) is 11.1 Å². The van der Waals surface area contributed by atoms with E-state index in [1.54, 1.807) is 0 Å². The van der Waals surface area contributed by atoms with Crippen LogP contribution in [0.4, 0.5) is 0 Å². The molecule has 1 heterocycles. The molecule has 0 spiro atoms. The molecule has 3 nitrogen and oxygen atoms in total. The Morgan fingerprint density at radius 2 is 1.96 bits per heavy atom. The van der Waals surface area contributed by atoms with Crippen LogP contribution in [0.2, 0.25) is 0 Å². The number of hydrogen-bond acceptors (Lipinski definition) is 3. The third kappa shape index (κ3) is 4.41. The first kappa shape index (κ1) is 16.2. The predicted molar refractivity (Wildman–Crippen MR) is 93.4 cm³/mol. The van der Waals surface area contributed by atoms with Crippen LogP contribution in [0, 0.1) is 0 Å². The number of nitrogens with one attached hydrogen (secondary N) is 1. The van der Waals surface area contributed by atoms with Gasteiger partial charge in [-0.05, 0) is 42.2 Å². The van der Waals surface area contributed by atoms with Crippen molar-refractivity contribution < 1.29 is 9.47 Å². The van der Waals surface area contributed by atoms with Crippen molar-refractivity contribution in [2.24, 2.45) is 0 Å². The highest BCUT2D eigenvalue weighted by atomic mass is 16.5. The molecule has 1 N–H and O–H groups in total. The minimum Gasteiger partial charge on any atom is -0.374 e. The molecule has 1 saturated heterocycles. The van der Waals surface area contributed by atoms with Gasteiger partial charge in [-0.15, -0.1) is 0 Å². The fourth-order valence-electron chi connectivity index (χ4n) is 2.77. The molecule has 1 fully saturated rings. The van der Waals surface area contributed by atoms with Gasteiger partial charge in [0.25, 0.3) is 0 Å². The fourth-order valence-corrected chi connectivity index (χ4v) is 2.77. The Morgan fingerprint density at radius 1 is 1.13 bits per heavy atom. The van der Waals surface area contributed by atoms with Gasteiger partial charge in [0.05, 0.1) is 25.4 Å². The first-order valence-corrected chi connectivity index (χ1v) is 8.35. The summed E-state index contributed by atoms with van der Waals surface area (Å²) in [6, 6.07) is 17.3. The molecule has 23 heavy (non-hydrogen) atoms. The number of benzene rings is 2. The van der Waals surface area contributed by atoms with E-state index >= 15 is 0 Å². The molecule has 0 aromatic heterocycles. The molecule has 0 amide bonds. The van der Waals surface area contributed by atoms with Gasteiger partial charge in [0.1, 0.15) is 0 Å². The molecular formula is C20H25NO2. The molecule has 1 unspecified atom stereocenters. The summed E-state index contributed by atoms with van der Waals surface area (Å²) in [6.45, 7) is 7.40. The molecule has 0 radical (unpaired) electrons. The van der Waals surface area contributed by atoms with E-state index in [0.717, 1.165) is 19.7 Å². The maximum absolute atomic E-state index is 5.80. The molecule has 1 atom stereocenters. The number of morpholine rings is 1. The van der Waals surface area contributed by atoms with Gasteiger partial charge in [-0.25, -0.2) is 0 Å². The Hall–Kier alpha value is -1.68. The second kappa shape index (κ2) is 7.73. The van der Waals surface area contributed by atoms with Crippen molar-refractivity contribution in [3.8, 4) is 11.1 Å². The second-order valence-electron chi connectivity index (χ2n) is 6.25. The Bertz CT molecular complexity index is 616. The Labute approximate surface area is 138 Å². The molecule has 0 bridgehead atoms. The average molecular weight is 311 g/mol. The molecule has 1 aliphatic heterocycles. The molecule has 0 aliphatic carbocycles. The van der Waals surface area contributed by atoms with Crippen LogP contribution >= 0.6 is 0 Å². The highest BCUT2D eigenvalue weighted by molar-refractivity contribution is 5.64. The maximum atomic E-state index is 5.80. The summed E-state index contributed by atoms with van der Waals surface area (Å²) >= 11 is 0. The first-order chi connectivity index (χ1) is 11.2. The summed E-state index contributed by atoms with van der Waals surface area (Å²) in [7, 11) is 0. The van der Waals surface area contributed by atoms with Crippen molar-refractivity contribution in [2.45, 2.75) is 32.7 Å². The molecule has 3 heteroatoms. The molecule has 1 aliphatic rings. The topological polar surface area (TPSA) is 30.5 Å². The third-order valence-electron chi connectivity index (χ3n) is 4.05. The van der Waals surface area contributed by atoms with Gasteiger partial charge in [-0.3, -0.25) is 0 Å². The molecule has 3 rings (SSSR count). The summed E-state index contributed by atoms with van der Waals surface area (Å²) in [5.74, 6) is 0. The fraction of sp³-hybridized carbons (Fsp3) is 0.400. The normalized spacial score (nSPS) is 18.3. The van der Waals surface area contributed by atoms with Gasteiger partial charge in [0.15, 0.2) is 0 Å². The largest absolute Gasteiger partial charge is 0.374 e. The smallest absolute Gasteiger partial charge is 0.0949 e. The van der Waals surface area contributed by atoms with E-state index in [0.29, 0.717) is 6.61 Å². The lowest BCUT2D eigenvalue weighted by molar-refractivity contribution is 0.0277. The van der Waals surface area contributed by atoms with E-state index < -0.39 is 0 Å². The summed E-state index contributed by atoms with van der Waals surface area (Å²) in [5.41, 5.74) is 4.90. The number of hydrogen-bond donors (Lipinski definition) is 1.